The zero-order valence-electron chi connectivity index (χ0n) is 6.39. The molecule has 56 valence electrons. The largest absolute Gasteiger partial charge is 0.299 e. The van der Waals surface area contributed by atoms with Crippen LogP contribution in [-0.4, -0.2) is 11.6 Å². The van der Waals surface area contributed by atoms with E-state index in [2.05, 4.69) is 0 Å². The van der Waals surface area contributed by atoms with Crippen molar-refractivity contribution < 1.29 is 9.59 Å². The Kier molecular flexibility index (Phi) is 1.88. The number of Topliss-reactive ketones (excluding diaryl/α,β-unsaturated/α-hetero) is 2. The lowest BCUT2D eigenvalue weighted by Gasteiger charge is -2.06. The van der Waals surface area contributed by atoms with Crippen molar-refractivity contribution >= 4 is 11.6 Å². The fourth-order valence-corrected chi connectivity index (χ4v) is 1.38. The molecule has 0 N–H and O–H groups in total. The van der Waals surface area contributed by atoms with E-state index >= 15 is 0 Å². The second-order valence-corrected chi connectivity index (χ2v) is 3.04. The summed E-state index contributed by atoms with van der Waals surface area (Å²) in [6, 6.07) is 0. The minimum absolute atomic E-state index is 0.0370. The van der Waals surface area contributed by atoms with E-state index in [1.807, 2.05) is 0 Å². The van der Waals surface area contributed by atoms with Crippen molar-refractivity contribution in [2.75, 3.05) is 0 Å². The summed E-state index contributed by atoms with van der Waals surface area (Å²) in [7, 11) is 0. The van der Waals surface area contributed by atoms with Crippen molar-refractivity contribution in [3.05, 3.63) is 0 Å². The molecule has 1 aliphatic rings. The zero-order chi connectivity index (χ0) is 7.72. The van der Waals surface area contributed by atoms with Crippen LogP contribution in [0.4, 0.5) is 0 Å². The van der Waals surface area contributed by atoms with Crippen molar-refractivity contribution in [2.24, 2.45) is 11.8 Å². The Hall–Kier alpha value is -0.660. The third-order valence-corrected chi connectivity index (χ3v) is 1.97. The fraction of sp³-hybridized carbons (Fsp3) is 0.750. The maximum absolute atomic E-state index is 10.8. The van der Waals surface area contributed by atoms with Crippen molar-refractivity contribution in [3.8, 4) is 0 Å². The first-order valence-electron chi connectivity index (χ1n) is 3.64. The van der Waals surface area contributed by atoms with E-state index in [-0.39, 0.29) is 17.5 Å². The van der Waals surface area contributed by atoms with Crippen molar-refractivity contribution in [2.45, 2.75) is 26.7 Å². The third kappa shape index (κ3) is 1.43. The maximum atomic E-state index is 10.8. The lowest BCUT2D eigenvalue weighted by atomic mass is 9.96. The molecule has 0 spiro atoms. The van der Waals surface area contributed by atoms with Gasteiger partial charge in [0.1, 0.15) is 11.6 Å². The van der Waals surface area contributed by atoms with Gasteiger partial charge in [-0.15, -0.1) is 0 Å². The molecule has 2 nitrogen and oxygen atoms in total. The summed E-state index contributed by atoms with van der Waals surface area (Å²) in [4.78, 5) is 21.7. The van der Waals surface area contributed by atoms with Crippen LogP contribution in [0.1, 0.15) is 26.7 Å². The monoisotopic (exact) mass is 140 g/mol. The molecule has 2 heteroatoms. The van der Waals surface area contributed by atoms with Crippen LogP contribution in [0.25, 0.3) is 0 Å². The first kappa shape index (κ1) is 7.45. The first-order valence-corrected chi connectivity index (χ1v) is 3.64. The number of hydrogen-bond donors (Lipinski definition) is 0. The molecule has 0 atom stereocenters. The van der Waals surface area contributed by atoms with E-state index in [1.54, 1.807) is 0 Å². The Bertz CT molecular complexity index is 154. The molecular weight excluding hydrogens is 128 g/mol. The standard InChI is InChI=1S/C8H12O2/c1-5(9)8(6(2)10)7-3-4-7/h7-8H,3-4H2,1-2H3. The van der Waals surface area contributed by atoms with E-state index in [9.17, 15) is 9.59 Å². The van der Waals surface area contributed by atoms with Gasteiger partial charge in [0.25, 0.3) is 0 Å². The molecule has 0 aromatic carbocycles. The summed E-state index contributed by atoms with van der Waals surface area (Å²) in [5.41, 5.74) is 0. The van der Waals surface area contributed by atoms with Crippen LogP contribution in [0.2, 0.25) is 0 Å². The van der Waals surface area contributed by atoms with Gasteiger partial charge in [0, 0.05) is 0 Å². The number of carbonyl (C=O) groups excluding carboxylic acids is 2. The van der Waals surface area contributed by atoms with Gasteiger partial charge in [-0.3, -0.25) is 9.59 Å². The second kappa shape index (κ2) is 2.52. The average molecular weight is 140 g/mol. The molecule has 1 saturated carbocycles. The summed E-state index contributed by atoms with van der Waals surface area (Å²) in [5, 5.41) is 0. The molecule has 0 aliphatic heterocycles. The van der Waals surface area contributed by atoms with Crippen LogP contribution < -0.4 is 0 Å². The Labute approximate surface area is 60.6 Å². The van der Waals surface area contributed by atoms with Gasteiger partial charge in [0.05, 0.1) is 5.92 Å². The van der Waals surface area contributed by atoms with Gasteiger partial charge in [0.2, 0.25) is 0 Å². The Morgan fingerprint density at radius 2 is 1.60 bits per heavy atom. The van der Waals surface area contributed by atoms with E-state index in [0.29, 0.717) is 5.92 Å². The van der Waals surface area contributed by atoms with E-state index in [0.717, 1.165) is 12.8 Å². The van der Waals surface area contributed by atoms with Gasteiger partial charge in [-0.1, -0.05) is 0 Å². The molecule has 0 amide bonds. The van der Waals surface area contributed by atoms with Crippen LogP contribution in [0.3, 0.4) is 0 Å². The summed E-state index contributed by atoms with van der Waals surface area (Å²) >= 11 is 0. The summed E-state index contributed by atoms with van der Waals surface area (Å²) < 4.78 is 0. The van der Waals surface area contributed by atoms with Crippen molar-refractivity contribution in [1.82, 2.24) is 0 Å². The van der Waals surface area contributed by atoms with Crippen LogP contribution in [0.5, 0.6) is 0 Å². The van der Waals surface area contributed by atoms with Gasteiger partial charge in [-0.2, -0.15) is 0 Å². The second-order valence-electron chi connectivity index (χ2n) is 3.04. The summed E-state index contributed by atoms with van der Waals surface area (Å²) in [6.45, 7) is 3.01. The molecule has 1 aliphatic carbocycles. The van der Waals surface area contributed by atoms with Crippen LogP contribution in [0.15, 0.2) is 0 Å². The smallest absolute Gasteiger partial charge is 0.140 e. The molecule has 1 fully saturated rings. The van der Waals surface area contributed by atoms with Crippen molar-refractivity contribution in [1.29, 1.82) is 0 Å². The molecule has 0 unspecified atom stereocenters. The lowest BCUT2D eigenvalue weighted by Crippen LogP contribution is -2.21. The molecule has 0 saturated heterocycles. The molecule has 10 heavy (non-hydrogen) atoms. The highest BCUT2D eigenvalue weighted by Crippen LogP contribution is 2.37. The molecular formula is C8H12O2. The molecule has 0 heterocycles. The molecule has 0 radical (unpaired) electrons. The third-order valence-electron chi connectivity index (χ3n) is 1.97. The maximum Gasteiger partial charge on any atom is 0.140 e. The number of carbonyl (C=O) groups is 2. The minimum Gasteiger partial charge on any atom is -0.299 e. The van der Waals surface area contributed by atoms with Gasteiger partial charge in [0.15, 0.2) is 0 Å². The highest BCUT2D eigenvalue weighted by molar-refractivity contribution is 6.00. The topological polar surface area (TPSA) is 34.1 Å². The van der Waals surface area contributed by atoms with Crippen LogP contribution in [0, 0.1) is 11.8 Å². The highest BCUT2D eigenvalue weighted by Gasteiger charge is 2.36. The van der Waals surface area contributed by atoms with Gasteiger partial charge in [-0.25, -0.2) is 0 Å². The van der Waals surface area contributed by atoms with Crippen molar-refractivity contribution in [3.63, 3.8) is 0 Å². The molecule has 0 aromatic heterocycles. The predicted molar refractivity (Wildman–Crippen MR) is 37.6 cm³/mol. The summed E-state index contributed by atoms with van der Waals surface area (Å²) in [6.07, 6.45) is 2.12. The van der Waals surface area contributed by atoms with Crippen LogP contribution >= 0.6 is 0 Å². The Balaban J connectivity index is 2.58. The SMILES string of the molecule is CC(=O)C(C(C)=O)C1CC1. The highest BCUT2D eigenvalue weighted by atomic mass is 16.1. The Morgan fingerprint density at radius 3 is 1.70 bits per heavy atom. The number of rotatable bonds is 3. The predicted octanol–water partition coefficient (Wildman–Crippen LogP) is 1.19. The normalized spacial score (nSPS) is 17.5. The average Bonchev–Trinajstić information content (AvgIpc) is 2.46. The summed E-state index contributed by atoms with van der Waals surface area (Å²) in [5.74, 6) is 0.181. The van der Waals surface area contributed by atoms with E-state index < -0.39 is 0 Å². The first-order chi connectivity index (χ1) is 4.63. The Morgan fingerprint density at radius 1 is 1.20 bits per heavy atom. The van der Waals surface area contributed by atoms with Crippen LogP contribution in [-0.2, 0) is 9.59 Å². The van der Waals surface area contributed by atoms with E-state index in [1.165, 1.54) is 13.8 Å². The molecule has 0 bridgehead atoms. The van der Waals surface area contributed by atoms with Gasteiger partial charge < -0.3 is 0 Å². The van der Waals surface area contributed by atoms with Gasteiger partial charge in [-0.05, 0) is 32.6 Å². The fourth-order valence-electron chi connectivity index (χ4n) is 1.38. The number of ketones is 2. The van der Waals surface area contributed by atoms with E-state index in [4.69, 9.17) is 0 Å². The molecule has 1 rings (SSSR count). The quantitative estimate of drug-likeness (QED) is 0.552. The zero-order valence-corrected chi connectivity index (χ0v) is 6.39. The minimum atomic E-state index is -0.278. The lowest BCUT2D eigenvalue weighted by molar-refractivity contribution is -0.131. The molecule has 0 aromatic rings. The number of hydrogen-bond acceptors (Lipinski definition) is 2. The van der Waals surface area contributed by atoms with Gasteiger partial charge >= 0.3 is 0 Å².